The third-order valence-corrected chi connectivity index (χ3v) is 4.02. The van der Waals surface area contributed by atoms with Gasteiger partial charge in [0.05, 0.1) is 33.0 Å². The van der Waals surface area contributed by atoms with Gasteiger partial charge in [0.15, 0.2) is 0 Å². The molecule has 0 aliphatic carbocycles. The van der Waals surface area contributed by atoms with Gasteiger partial charge in [-0.25, -0.2) is 5.43 Å². The van der Waals surface area contributed by atoms with Crippen molar-refractivity contribution in [2.45, 2.75) is 25.9 Å². The third-order valence-electron chi connectivity index (χ3n) is 2.99. The van der Waals surface area contributed by atoms with E-state index in [0.29, 0.717) is 15.1 Å². The van der Waals surface area contributed by atoms with Gasteiger partial charge < -0.3 is 0 Å². The zero-order chi connectivity index (χ0) is 14.9. The number of aromatic nitrogens is 2. The van der Waals surface area contributed by atoms with E-state index in [2.05, 4.69) is 10.5 Å². The number of nitrogens with two attached hydrogens (primary N) is 1. The van der Waals surface area contributed by atoms with E-state index in [1.165, 1.54) is 0 Å². The molecule has 0 aliphatic rings. The van der Waals surface area contributed by atoms with Crippen LogP contribution in [0.1, 0.15) is 37.2 Å². The Morgan fingerprint density at radius 3 is 2.40 bits per heavy atom. The van der Waals surface area contributed by atoms with Crippen molar-refractivity contribution in [1.82, 2.24) is 15.2 Å². The van der Waals surface area contributed by atoms with Gasteiger partial charge in [-0.05, 0) is 31.5 Å². The second-order valence-electron chi connectivity index (χ2n) is 4.69. The molecule has 7 heteroatoms. The van der Waals surface area contributed by atoms with E-state index in [1.807, 2.05) is 24.6 Å². The van der Waals surface area contributed by atoms with Crippen LogP contribution >= 0.6 is 34.8 Å². The van der Waals surface area contributed by atoms with Gasteiger partial charge in [-0.2, -0.15) is 5.10 Å². The lowest BCUT2D eigenvalue weighted by molar-refractivity contribution is 0.476. The predicted molar refractivity (Wildman–Crippen MR) is 83.3 cm³/mol. The minimum Gasteiger partial charge on any atom is -0.271 e. The Morgan fingerprint density at radius 1 is 1.15 bits per heavy atom. The highest BCUT2D eigenvalue weighted by atomic mass is 35.5. The summed E-state index contributed by atoms with van der Waals surface area (Å²) in [6.45, 7) is 4.05. The first-order valence-corrected chi connectivity index (χ1v) is 7.23. The number of nitrogens with zero attached hydrogens (tertiary/aromatic N) is 2. The Balaban J connectivity index is 2.52. The first kappa shape index (κ1) is 15.6. The lowest BCUT2D eigenvalue weighted by Gasteiger charge is -2.21. The Kier molecular flexibility index (Phi) is 4.94. The zero-order valence-electron chi connectivity index (χ0n) is 11.1. The monoisotopic (exact) mass is 332 g/mol. The van der Waals surface area contributed by atoms with E-state index in [9.17, 15) is 0 Å². The average molecular weight is 334 g/mol. The number of hydrogen-bond acceptors (Lipinski definition) is 3. The third kappa shape index (κ3) is 2.95. The summed E-state index contributed by atoms with van der Waals surface area (Å²) in [6, 6.07) is 5.20. The number of hydrazine groups is 1. The first-order valence-electron chi connectivity index (χ1n) is 6.09. The molecule has 1 heterocycles. The van der Waals surface area contributed by atoms with Crippen molar-refractivity contribution < 1.29 is 0 Å². The van der Waals surface area contributed by atoms with Gasteiger partial charge in [0.25, 0.3) is 0 Å². The summed E-state index contributed by atoms with van der Waals surface area (Å²) in [7, 11) is 0. The Bertz CT molecular complexity index is 610. The summed E-state index contributed by atoms with van der Waals surface area (Å²) in [5, 5.41) is 5.79. The van der Waals surface area contributed by atoms with Crippen LogP contribution in [-0.4, -0.2) is 9.78 Å². The highest BCUT2D eigenvalue weighted by molar-refractivity contribution is 6.42. The van der Waals surface area contributed by atoms with E-state index < -0.39 is 0 Å². The highest BCUT2D eigenvalue weighted by Gasteiger charge is 2.23. The topological polar surface area (TPSA) is 55.9 Å². The molecule has 0 saturated carbocycles. The van der Waals surface area contributed by atoms with E-state index in [1.54, 1.807) is 18.3 Å². The molecule has 0 saturated heterocycles. The smallest absolute Gasteiger partial charge is 0.0894 e. The van der Waals surface area contributed by atoms with Gasteiger partial charge in [-0.3, -0.25) is 10.5 Å². The maximum atomic E-state index is 6.25. The van der Waals surface area contributed by atoms with Crippen LogP contribution in [0.25, 0.3) is 0 Å². The minimum absolute atomic E-state index is 0.163. The summed E-state index contributed by atoms with van der Waals surface area (Å²) in [5.41, 5.74) is 4.42. The van der Waals surface area contributed by atoms with Crippen LogP contribution < -0.4 is 11.3 Å². The van der Waals surface area contributed by atoms with Gasteiger partial charge >= 0.3 is 0 Å². The van der Waals surface area contributed by atoms with Crippen LogP contribution in [0.3, 0.4) is 0 Å². The number of benzene rings is 1. The van der Waals surface area contributed by atoms with Crippen molar-refractivity contribution in [3.05, 3.63) is 50.7 Å². The van der Waals surface area contributed by atoms with E-state index in [0.717, 1.165) is 11.3 Å². The van der Waals surface area contributed by atoms with Crippen LogP contribution in [0.4, 0.5) is 0 Å². The summed E-state index contributed by atoms with van der Waals surface area (Å²) in [6.07, 6.45) is 1.61. The molecule has 3 N–H and O–H groups in total. The minimum atomic E-state index is -0.317. The predicted octanol–water partition coefficient (Wildman–Crippen LogP) is 3.98. The SMILES string of the molecule is CC(C)n1ncc(Cl)c1C(NN)c1ccc(Cl)c(Cl)c1. The van der Waals surface area contributed by atoms with Gasteiger partial charge in [-0.1, -0.05) is 40.9 Å². The zero-order valence-corrected chi connectivity index (χ0v) is 13.3. The molecule has 20 heavy (non-hydrogen) atoms. The van der Waals surface area contributed by atoms with Crippen LogP contribution in [0.5, 0.6) is 0 Å². The molecular weight excluding hydrogens is 319 g/mol. The fourth-order valence-electron chi connectivity index (χ4n) is 2.06. The molecular formula is C13H15Cl3N4. The molecule has 0 bridgehead atoms. The van der Waals surface area contributed by atoms with E-state index >= 15 is 0 Å². The molecule has 1 unspecified atom stereocenters. The molecule has 0 aliphatic heterocycles. The second kappa shape index (κ2) is 6.33. The Labute approximate surface area is 132 Å². The summed E-state index contributed by atoms with van der Waals surface area (Å²) >= 11 is 18.2. The molecule has 0 radical (unpaired) electrons. The average Bonchev–Trinajstić information content (AvgIpc) is 2.77. The van der Waals surface area contributed by atoms with Gasteiger partial charge in [-0.15, -0.1) is 0 Å². The van der Waals surface area contributed by atoms with E-state index in [-0.39, 0.29) is 12.1 Å². The molecule has 2 rings (SSSR count). The van der Waals surface area contributed by atoms with Crippen molar-refractivity contribution >= 4 is 34.8 Å². The van der Waals surface area contributed by atoms with Gasteiger partial charge in [0, 0.05) is 6.04 Å². The van der Waals surface area contributed by atoms with Crippen LogP contribution in [0.2, 0.25) is 15.1 Å². The second-order valence-corrected chi connectivity index (χ2v) is 5.91. The summed E-state index contributed by atoms with van der Waals surface area (Å²) < 4.78 is 1.83. The number of hydrogen-bond donors (Lipinski definition) is 2. The van der Waals surface area contributed by atoms with Crippen LogP contribution in [-0.2, 0) is 0 Å². The molecule has 1 aromatic heterocycles. The number of halogens is 3. The van der Waals surface area contributed by atoms with Crippen LogP contribution in [0, 0.1) is 0 Å². The summed E-state index contributed by atoms with van der Waals surface area (Å²) in [4.78, 5) is 0. The van der Waals surface area contributed by atoms with Crippen molar-refractivity contribution in [2.24, 2.45) is 5.84 Å². The van der Waals surface area contributed by atoms with Crippen molar-refractivity contribution in [3.63, 3.8) is 0 Å². The van der Waals surface area contributed by atoms with Gasteiger partial charge in [0.2, 0.25) is 0 Å². The maximum Gasteiger partial charge on any atom is 0.0894 e. The Hall–Kier alpha value is -0.780. The lowest BCUT2D eigenvalue weighted by atomic mass is 10.0. The fourth-order valence-corrected chi connectivity index (χ4v) is 2.60. The van der Waals surface area contributed by atoms with Crippen molar-refractivity contribution in [1.29, 1.82) is 0 Å². The molecule has 108 valence electrons. The summed E-state index contributed by atoms with van der Waals surface area (Å²) in [5.74, 6) is 5.70. The molecule has 4 nitrogen and oxygen atoms in total. The highest BCUT2D eigenvalue weighted by Crippen LogP contribution is 2.32. The van der Waals surface area contributed by atoms with Crippen molar-refractivity contribution in [3.8, 4) is 0 Å². The van der Waals surface area contributed by atoms with Crippen molar-refractivity contribution in [2.75, 3.05) is 0 Å². The number of nitrogens with one attached hydrogen (secondary N) is 1. The normalized spacial score (nSPS) is 12.9. The first-order chi connectivity index (χ1) is 9.45. The standard InChI is InChI=1S/C13H15Cl3N4/c1-7(2)20-13(11(16)6-18-20)12(19-17)8-3-4-9(14)10(15)5-8/h3-7,12,19H,17H2,1-2H3. The molecule has 0 fully saturated rings. The largest absolute Gasteiger partial charge is 0.271 e. The quantitative estimate of drug-likeness (QED) is 0.657. The van der Waals surface area contributed by atoms with E-state index in [4.69, 9.17) is 40.6 Å². The lowest BCUT2D eigenvalue weighted by Crippen LogP contribution is -2.31. The molecule has 1 aromatic carbocycles. The maximum absolute atomic E-state index is 6.25. The van der Waals surface area contributed by atoms with Crippen LogP contribution in [0.15, 0.2) is 24.4 Å². The molecule has 0 amide bonds. The number of rotatable bonds is 4. The molecule has 2 aromatic rings. The van der Waals surface area contributed by atoms with Gasteiger partial charge in [0.1, 0.15) is 0 Å². The molecule has 0 spiro atoms. The molecule has 1 atom stereocenters. The Morgan fingerprint density at radius 2 is 1.85 bits per heavy atom. The fraction of sp³-hybridized carbons (Fsp3) is 0.308.